The molecule has 0 saturated carbocycles. The Hall–Kier alpha value is -1.92. The van der Waals surface area contributed by atoms with E-state index in [0.29, 0.717) is 36.0 Å². The molecule has 0 bridgehead atoms. The van der Waals surface area contributed by atoms with Crippen molar-refractivity contribution in [3.05, 3.63) is 28.8 Å². The fourth-order valence-electron chi connectivity index (χ4n) is 2.33. The van der Waals surface area contributed by atoms with Crippen LogP contribution < -0.4 is 10.3 Å². The van der Waals surface area contributed by atoms with Gasteiger partial charge in [-0.1, -0.05) is 17.7 Å². The fourth-order valence-corrected chi connectivity index (χ4v) is 2.50. The van der Waals surface area contributed by atoms with Crippen LogP contribution in [0.15, 0.2) is 23.3 Å². The number of aryl methyl sites for hydroxylation is 1. The minimum absolute atomic E-state index is 0.151. The minimum Gasteiger partial charge on any atom is -0.379 e. The van der Waals surface area contributed by atoms with Gasteiger partial charge in [-0.2, -0.15) is 5.10 Å². The summed E-state index contributed by atoms with van der Waals surface area (Å²) in [7, 11) is 0. The van der Waals surface area contributed by atoms with Crippen molar-refractivity contribution in [1.29, 1.82) is 0 Å². The van der Waals surface area contributed by atoms with Crippen LogP contribution in [0.25, 0.3) is 0 Å². The number of anilines is 1. The molecule has 6 nitrogen and oxygen atoms in total. The highest BCUT2D eigenvalue weighted by Gasteiger charge is 2.25. The van der Waals surface area contributed by atoms with Crippen molar-refractivity contribution < 1.29 is 14.3 Å². The Bertz CT molecular complexity index is 674. The molecule has 0 aliphatic carbocycles. The van der Waals surface area contributed by atoms with Gasteiger partial charge in [0.05, 0.1) is 11.8 Å². The summed E-state index contributed by atoms with van der Waals surface area (Å²) in [6.45, 7) is 6.93. The van der Waals surface area contributed by atoms with Crippen molar-refractivity contribution in [2.45, 2.75) is 46.1 Å². The Morgan fingerprint density at radius 1 is 1.40 bits per heavy atom. The normalized spacial score (nSPS) is 14.7. The molecule has 7 heteroatoms. The van der Waals surface area contributed by atoms with Crippen LogP contribution in [0.5, 0.6) is 0 Å². The number of amides is 2. The maximum Gasteiger partial charge on any atom is 0.267 e. The maximum absolute atomic E-state index is 12.3. The van der Waals surface area contributed by atoms with Crippen LogP contribution in [-0.4, -0.2) is 36.8 Å². The lowest BCUT2D eigenvalue weighted by molar-refractivity contribution is -0.118. The van der Waals surface area contributed by atoms with E-state index in [1.54, 1.807) is 12.1 Å². The van der Waals surface area contributed by atoms with Gasteiger partial charge in [-0.15, -0.1) is 0 Å². The van der Waals surface area contributed by atoms with E-state index in [4.69, 9.17) is 16.3 Å². The third-order valence-electron chi connectivity index (χ3n) is 3.75. The summed E-state index contributed by atoms with van der Waals surface area (Å²) in [6.07, 6.45) is 1.49. The highest BCUT2D eigenvalue weighted by Crippen LogP contribution is 2.26. The molecular formula is C18H24ClN3O3. The van der Waals surface area contributed by atoms with Gasteiger partial charge >= 0.3 is 0 Å². The molecule has 1 aliphatic rings. The number of ether oxygens (including phenoxy) is 1. The lowest BCUT2D eigenvalue weighted by atomic mass is 10.1. The number of hydrazone groups is 1. The van der Waals surface area contributed by atoms with Crippen molar-refractivity contribution in [2.24, 2.45) is 5.10 Å². The number of benzene rings is 1. The number of rotatable bonds is 7. The second-order valence-corrected chi connectivity index (χ2v) is 6.62. The van der Waals surface area contributed by atoms with E-state index in [2.05, 4.69) is 10.4 Å². The van der Waals surface area contributed by atoms with E-state index in [0.717, 1.165) is 12.0 Å². The lowest BCUT2D eigenvalue weighted by Crippen LogP contribution is -2.39. The zero-order valence-electron chi connectivity index (χ0n) is 14.8. The highest BCUT2D eigenvalue weighted by molar-refractivity contribution is 6.40. The molecule has 0 saturated heterocycles. The fraction of sp³-hybridized carbons (Fsp3) is 0.500. The summed E-state index contributed by atoms with van der Waals surface area (Å²) in [6, 6.07) is 5.28. The zero-order valence-corrected chi connectivity index (χ0v) is 15.6. The van der Waals surface area contributed by atoms with Crippen LogP contribution in [0.3, 0.4) is 0 Å². The Kier molecular flexibility index (Phi) is 6.96. The van der Waals surface area contributed by atoms with Gasteiger partial charge in [-0.25, -0.2) is 5.01 Å². The molecule has 0 radical (unpaired) electrons. The number of nitrogens with one attached hydrogen (secondary N) is 1. The molecule has 2 amide bonds. The summed E-state index contributed by atoms with van der Waals surface area (Å²) < 4.78 is 5.43. The van der Waals surface area contributed by atoms with Gasteiger partial charge in [0.2, 0.25) is 5.91 Å². The number of carbonyl (C=O) groups is 2. The molecule has 2 rings (SSSR count). The largest absolute Gasteiger partial charge is 0.379 e. The van der Waals surface area contributed by atoms with Crippen LogP contribution in [0.2, 0.25) is 5.02 Å². The van der Waals surface area contributed by atoms with E-state index < -0.39 is 0 Å². The summed E-state index contributed by atoms with van der Waals surface area (Å²) in [4.78, 5) is 24.4. The molecule has 25 heavy (non-hydrogen) atoms. The molecular weight excluding hydrogens is 342 g/mol. The Labute approximate surface area is 153 Å². The van der Waals surface area contributed by atoms with Gasteiger partial charge in [-0.3, -0.25) is 9.59 Å². The van der Waals surface area contributed by atoms with Crippen molar-refractivity contribution in [2.75, 3.05) is 18.2 Å². The monoisotopic (exact) mass is 365 g/mol. The molecule has 0 unspecified atom stereocenters. The average molecular weight is 366 g/mol. The SMILES string of the molecule is Cc1ccc(N2N=C(C(=O)NCCCOC(C)C)CCC2=O)cc1Cl. The molecule has 0 fully saturated rings. The molecule has 0 atom stereocenters. The van der Waals surface area contributed by atoms with Crippen LogP contribution >= 0.6 is 11.6 Å². The first-order chi connectivity index (χ1) is 11.9. The van der Waals surface area contributed by atoms with Crippen molar-refractivity contribution >= 4 is 34.8 Å². The predicted molar refractivity (Wildman–Crippen MR) is 99.1 cm³/mol. The van der Waals surface area contributed by atoms with E-state index in [1.165, 1.54) is 5.01 Å². The lowest BCUT2D eigenvalue weighted by Gasteiger charge is -2.23. The molecule has 1 aromatic carbocycles. The quantitative estimate of drug-likeness (QED) is 0.755. The Balaban J connectivity index is 1.99. The van der Waals surface area contributed by atoms with Gasteiger partial charge in [0.15, 0.2) is 0 Å². The molecule has 1 heterocycles. The first-order valence-electron chi connectivity index (χ1n) is 8.45. The van der Waals surface area contributed by atoms with Crippen LogP contribution in [0.4, 0.5) is 5.69 Å². The highest BCUT2D eigenvalue weighted by atomic mass is 35.5. The third-order valence-corrected chi connectivity index (χ3v) is 4.16. The zero-order chi connectivity index (χ0) is 18.4. The first kappa shape index (κ1) is 19.4. The summed E-state index contributed by atoms with van der Waals surface area (Å²) >= 11 is 6.12. The molecule has 0 spiro atoms. The standard InChI is InChI=1S/C18H24ClN3O3/c1-12(2)25-10-4-9-20-18(24)16-7-8-17(23)22(21-16)14-6-5-13(3)15(19)11-14/h5-6,11-12H,4,7-10H2,1-3H3,(H,20,24). The maximum atomic E-state index is 12.3. The van der Waals surface area contributed by atoms with Crippen molar-refractivity contribution in [3.8, 4) is 0 Å². The number of hydrogen-bond donors (Lipinski definition) is 1. The summed E-state index contributed by atoms with van der Waals surface area (Å²) in [5.74, 6) is -0.401. The number of nitrogens with zero attached hydrogens (tertiary/aromatic N) is 2. The third kappa shape index (κ3) is 5.54. The number of hydrogen-bond acceptors (Lipinski definition) is 4. The van der Waals surface area contributed by atoms with Crippen molar-refractivity contribution in [3.63, 3.8) is 0 Å². The topological polar surface area (TPSA) is 71.0 Å². The van der Waals surface area contributed by atoms with Gasteiger partial charge in [0.1, 0.15) is 5.71 Å². The predicted octanol–water partition coefficient (Wildman–Crippen LogP) is 3.06. The summed E-state index contributed by atoms with van der Waals surface area (Å²) in [5, 5.41) is 8.86. The van der Waals surface area contributed by atoms with Gasteiger partial charge in [0, 0.05) is 31.0 Å². The number of carbonyl (C=O) groups excluding carboxylic acids is 2. The molecule has 0 aromatic heterocycles. The van der Waals surface area contributed by atoms with E-state index in [1.807, 2.05) is 26.8 Å². The smallest absolute Gasteiger partial charge is 0.267 e. The second-order valence-electron chi connectivity index (χ2n) is 6.21. The molecule has 1 N–H and O–H groups in total. The molecule has 1 aromatic rings. The minimum atomic E-state index is -0.250. The van der Waals surface area contributed by atoms with E-state index >= 15 is 0 Å². The Morgan fingerprint density at radius 2 is 2.16 bits per heavy atom. The molecule has 1 aliphatic heterocycles. The van der Waals surface area contributed by atoms with Gasteiger partial charge in [0.25, 0.3) is 5.91 Å². The van der Waals surface area contributed by atoms with Crippen molar-refractivity contribution in [1.82, 2.24) is 5.32 Å². The van der Waals surface area contributed by atoms with E-state index in [-0.39, 0.29) is 24.3 Å². The Morgan fingerprint density at radius 3 is 2.84 bits per heavy atom. The van der Waals surface area contributed by atoms with E-state index in [9.17, 15) is 9.59 Å². The average Bonchev–Trinajstić information content (AvgIpc) is 2.57. The van der Waals surface area contributed by atoms with Gasteiger partial charge < -0.3 is 10.1 Å². The van der Waals surface area contributed by atoms with Gasteiger partial charge in [-0.05, 0) is 44.9 Å². The first-order valence-corrected chi connectivity index (χ1v) is 8.82. The second kappa shape index (κ2) is 8.97. The van der Waals surface area contributed by atoms with Crippen LogP contribution in [-0.2, 0) is 14.3 Å². The van der Waals surface area contributed by atoms with Crippen LogP contribution in [0.1, 0.15) is 38.7 Å². The summed E-state index contributed by atoms with van der Waals surface area (Å²) in [5.41, 5.74) is 1.83. The van der Waals surface area contributed by atoms with Crippen LogP contribution in [0, 0.1) is 6.92 Å². The number of halogens is 1. The molecule has 136 valence electrons.